The number of nitrogens with two attached hydrogens (primary N) is 1. The van der Waals surface area contributed by atoms with Crippen LogP contribution in [-0.4, -0.2) is 20.1 Å². The molecule has 0 bridgehead atoms. The van der Waals surface area contributed by atoms with Crippen molar-refractivity contribution in [2.45, 2.75) is 19.4 Å². The second kappa shape index (κ2) is 3.63. The third-order valence-corrected chi connectivity index (χ3v) is 1.61. The molecule has 1 rings (SSSR count). The zero-order valence-corrected chi connectivity index (χ0v) is 7.87. The predicted molar refractivity (Wildman–Crippen MR) is 50.4 cm³/mol. The van der Waals surface area contributed by atoms with E-state index in [1.165, 1.54) is 0 Å². The molecule has 0 aromatic carbocycles. The molecule has 0 aliphatic carbocycles. The lowest BCUT2D eigenvalue weighted by Gasteiger charge is -2.07. The lowest BCUT2D eigenvalue weighted by atomic mass is 10.2. The van der Waals surface area contributed by atoms with Gasteiger partial charge in [0.25, 0.3) is 0 Å². The summed E-state index contributed by atoms with van der Waals surface area (Å²) in [5, 5.41) is 0. The first-order valence-corrected chi connectivity index (χ1v) is 4.11. The SMILES string of the molecule is CC(N)Cc1ccc(N(C)C)o1. The highest BCUT2D eigenvalue weighted by atomic mass is 16.4. The van der Waals surface area contributed by atoms with Crippen LogP contribution in [0, 0.1) is 0 Å². The van der Waals surface area contributed by atoms with Crippen LogP contribution in [0.4, 0.5) is 5.88 Å². The summed E-state index contributed by atoms with van der Waals surface area (Å²) in [5.74, 6) is 1.83. The molecule has 0 saturated heterocycles. The first kappa shape index (κ1) is 9.13. The van der Waals surface area contributed by atoms with E-state index in [2.05, 4.69) is 0 Å². The summed E-state index contributed by atoms with van der Waals surface area (Å²) in [7, 11) is 3.91. The molecule has 1 heterocycles. The summed E-state index contributed by atoms with van der Waals surface area (Å²) in [6, 6.07) is 4.09. The Labute approximate surface area is 73.2 Å². The van der Waals surface area contributed by atoms with Crippen molar-refractivity contribution in [1.82, 2.24) is 0 Å². The normalized spacial score (nSPS) is 13.0. The van der Waals surface area contributed by atoms with Gasteiger partial charge in [0.2, 0.25) is 0 Å². The highest BCUT2D eigenvalue weighted by molar-refractivity contribution is 5.34. The first-order valence-electron chi connectivity index (χ1n) is 4.11. The number of hydrogen-bond donors (Lipinski definition) is 1. The standard InChI is InChI=1S/C9H16N2O/c1-7(10)6-8-4-5-9(12-8)11(2)3/h4-5,7H,6,10H2,1-3H3. The first-order chi connectivity index (χ1) is 5.59. The molecule has 0 saturated carbocycles. The summed E-state index contributed by atoms with van der Waals surface area (Å²) in [4.78, 5) is 1.94. The van der Waals surface area contributed by atoms with E-state index in [9.17, 15) is 0 Å². The molecular formula is C9H16N2O. The van der Waals surface area contributed by atoms with Crippen LogP contribution in [-0.2, 0) is 6.42 Å². The van der Waals surface area contributed by atoms with E-state index in [1.54, 1.807) is 0 Å². The van der Waals surface area contributed by atoms with Gasteiger partial charge in [0.1, 0.15) is 5.76 Å². The van der Waals surface area contributed by atoms with Crippen LogP contribution in [0.3, 0.4) is 0 Å². The van der Waals surface area contributed by atoms with Crippen LogP contribution in [0.2, 0.25) is 0 Å². The van der Waals surface area contributed by atoms with Gasteiger partial charge in [-0.2, -0.15) is 0 Å². The third-order valence-electron chi connectivity index (χ3n) is 1.61. The fourth-order valence-corrected chi connectivity index (χ4v) is 1.03. The molecule has 1 atom stereocenters. The predicted octanol–water partition coefficient (Wildman–Crippen LogP) is 1.24. The average Bonchev–Trinajstić information content (AvgIpc) is 2.34. The van der Waals surface area contributed by atoms with Crippen molar-refractivity contribution in [2.24, 2.45) is 5.73 Å². The van der Waals surface area contributed by atoms with Crippen molar-refractivity contribution in [2.75, 3.05) is 19.0 Å². The van der Waals surface area contributed by atoms with Gasteiger partial charge in [0, 0.05) is 32.6 Å². The Balaban J connectivity index is 2.64. The van der Waals surface area contributed by atoms with E-state index in [0.29, 0.717) is 0 Å². The molecule has 68 valence electrons. The van der Waals surface area contributed by atoms with Gasteiger partial charge in [-0.3, -0.25) is 0 Å². The van der Waals surface area contributed by atoms with Crippen molar-refractivity contribution in [3.63, 3.8) is 0 Å². The fourth-order valence-electron chi connectivity index (χ4n) is 1.03. The molecule has 1 aromatic rings. The molecule has 0 amide bonds. The van der Waals surface area contributed by atoms with Crippen molar-refractivity contribution in [1.29, 1.82) is 0 Å². The molecule has 3 nitrogen and oxygen atoms in total. The van der Waals surface area contributed by atoms with Crippen molar-refractivity contribution < 1.29 is 4.42 Å². The molecular weight excluding hydrogens is 152 g/mol. The molecule has 0 radical (unpaired) electrons. The topological polar surface area (TPSA) is 42.4 Å². The molecule has 2 N–H and O–H groups in total. The van der Waals surface area contributed by atoms with E-state index in [1.807, 2.05) is 38.1 Å². The zero-order chi connectivity index (χ0) is 9.14. The van der Waals surface area contributed by atoms with Crippen molar-refractivity contribution in [3.8, 4) is 0 Å². The summed E-state index contributed by atoms with van der Waals surface area (Å²) >= 11 is 0. The van der Waals surface area contributed by atoms with Gasteiger partial charge in [-0.15, -0.1) is 0 Å². The van der Waals surface area contributed by atoms with Crippen LogP contribution in [0.25, 0.3) is 0 Å². The van der Waals surface area contributed by atoms with Gasteiger partial charge in [0.15, 0.2) is 5.88 Å². The molecule has 0 aliphatic heterocycles. The third kappa shape index (κ3) is 2.27. The number of hydrogen-bond acceptors (Lipinski definition) is 3. The largest absolute Gasteiger partial charge is 0.446 e. The minimum Gasteiger partial charge on any atom is -0.446 e. The fraction of sp³-hybridized carbons (Fsp3) is 0.556. The molecule has 1 aromatic heterocycles. The van der Waals surface area contributed by atoms with Crippen molar-refractivity contribution >= 4 is 5.88 Å². The van der Waals surface area contributed by atoms with E-state index in [4.69, 9.17) is 10.2 Å². The van der Waals surface area contributed by atoms with Gasteiger partial charge in [-0.25, -0.2) is 0 Å². The Morgan fingerprint density at radius 1 is 1.50 bits per heavy atom. The van der Waals surface area contributed by atoms with Gasteiger partial charge in [-0.1, -0.05) is 0 Å². The lowest BCUT2D eigenvalue weighted by Crippen LogP contribution is -2.17. The molecule has 0 aliphatic rings. The smallest absolute Gasteiger partial charge is 0.195 e. The minimum absolute atomic E-state index is 0.158. The quantitative estimate of drug-likeness (QED) is 0.738. The zero-order valence-electron chi connectivity index (χ0n) is 7.87. The minimum atomic E-state index is 0.158. The maximum Gasteiger partial charge on any atom is 0.195 e. The summed E-state index contributed by atoms with van der Waals surface area (Å²) < 4.78 is 5.50. The Morgan fingerprint density at radius 2 is 2.17 bits per heavy atom. The van der Waals surface area contributed by atoms with Crippen LogP contribution in [0.1, 0.15) is 12.7 Å². The summed E-state index contributed by atoms with van der Waals surface area (Å²) in [6.07, 6.45) is 0.799. The van der Waals surface area contributed by atoms with Gasteiger partial charge < -0.3 is 15.1 Å². The molecule has 3 heteroatoms. The average molecular weight is 168 g/mol. The van der Waals surface area contributed by atoms with Crippen LogP contribution in [0.15, 0.2) is 16.5 Å². The highest BCUT2D eigenvalue weighted by Crippen LogP contribution is 2.16. The van der Waals surface area contributed by atoms with Crippen molar-refractivity contribution in [3.05, 3.63) is 17.9 Å². The van der Waals surface area contributed by atoms with Gasteiger partial charge in [-0.05, 0) is 13.0 Å². The molecule has 12 heavy (non-hydrogen) atoms. The molecule has 1 unspecified atom stereocenters. The second-order valence-electron chi connectivity index (χ2n) is 3.32. The van der Waals surface area contributed by atoms with E-state index < -0.39 is 0 Å². The Kier molecular flexibility index (Phi) is 2.76. The van der Waals surface area contributed by atoms with Crippen LogP contribution >= 0.6 is 0 Å². The number of furan rings is 1. The van der Waals surface area contributed by atoms with Gasteiger partial charge >= 0.3 is 0 Å². The number of anilines is 1. The van der Waals surface area contributed by atoms with E-state index in [-0.39, 0.29) is 6.04 Å². The second-order valence-corrected chi connectivity index (χ2v) is 3.32. The summed E-state index contributed by atoms with van der Waals surface area (Å²) in [6.45, 7) is 1.97. The molecule has 0 fully saturated rings. The lowest BCUT2D eigenvalue weighted by molar-refractivity contribution is 0.493. The van der Waals surface area contributed by atoms with Crippen LogP contribution < -0.4 is 10.6 Å². The number of rotatable bonds is 3. The van der Waals surface area contributed by atoms with Gasteiger partial charge in [0.05, 0.1) is 0 Å². The Hall–Kier alpha value is -0.960. The van der Waals surface area contributed by atoms with E-state index >= 15 is 0 Å². The van der Waals surface area contributed by atoms with Crippen LogP contribution in [0.5, 0.6) is 0 Å². The maximum atomic E-state index is 5.64. The Morgan fingerprint density at radius 3 is 2.58 bits per heavy atom. The highest BCUT2D eigenvalue weighted by Gasteiger charge is 2.04. The van der Waals surface area contributed by atoms with E-state index in [0.717, 1.165) is 18.1 Å². The molecule has 0 spiro atoms. The maximum absolute atomic E-state index is 5.64. The summed E-state index contributed by atoms with van der Waals surface area (Å²) in [5.41, 5.74) is 5.64. The Bertz CT molecular complexity index is 240. The number of nitrogens with zero attached hydrogens (tertiary/aromatic N) is 1. The monoisotopic (exact) mass is 168 g/mol.